The zero-order valence-electron chi connectivity index (χ0n) is 6.62. The monoisotopic (exact) mass is 144 g/mol. The summed E-state index contributed by atoms with van der Waals surface area (Å²) >= 11 is 0. The minimum Gasteiger partial charge on any atom is -0.389 e. The molecule has 0 aliphatic heterocycles. The molecular weight excluding hydrogens is 128 g/mol. The quantitative estimate of drug-likeness (QED) is 0.580. The zero-order valence-corrected chi connectivity index (χ0v) is 6.62. The number of hydrogen-bond acceptors (Lipinski definition) is 2. The van der Waals surface area contributed by atoms with Gasteiger partial charge in [0.15, 0.2) is 0 Å². The van der Waals surface area contributed by atoms with Crippen LogP contribution < -0.4 is 0 Å². The highest BCUT2D eigenvalue weighted by atomic mass is 16.3. The van der Waals surface area contributed by atoms with E-state index >= 15 is 0 Å². The Morgan fingerprint density at radius 3 is 2.30 bits per heavy atom. The van der Waals surface area contributed by atoms with Gasteiger partial charge in [-0.3, -0.25) is 0 Å². The van der Waals surface area contributed by atoms with E-state index < -0.39 is 6.10 Å². The summed E-state index contributed by atoms with van der Waals surface area (Å²) in [5, 5.41) is 17.9. The van der Waals surface area contributed by atoms with Crippen molar-refractivity contribution in [3.8, 4) is 0 Å². The molecule has 10 heavy (non-hydrogen) atoms. The summed E-state index contributed by atoms with van der Waals surface area (Å²) in [4.78, 5) is 0. The van der Waals surface area contributed by atoms with Crippen LogP contribution in [0.5, 0.6) is 0 Å². The van der Waals surface area contributed by atoms with Crippen LogP contribution in [-0.2, 0) is 0 Å². The van der Waals surface area contributed by atoms with Gasteiger partial charge in [-0.15, -0.1) is 0 Å². The normalized spacial score (nSPS) is 17.6. The average Bonchev–Trinajstić information content (AvgIpc) is 1.85. The van der Waals surface area contributed by atoms with Gasteiger partial charge in [-0.05, 0) is 13.3 Å². The van der Waals surface area contributed by atoms with Gasteiger partial charge in [0.05, 0.1) is 12.2 Å². The molecule has 0 saturated carbocycles. The van der Waals surface area contributed by atoms with Gasteiger partial charge in [-0.25, -0.2) is 0 Å². The standard InChI is InChI=1S/C8H16O2/c1-3-4-8(10)6-5-7(2)9/h5-10H,3-4H2,1-2H3. The summed E-state index contributed by atoms with van der Waals surface area (Å²) in [6, 6.07) is 0. The van der Waals surface area contributed by atoms with E-state index in [2.05, 4.69) is 0 Å². The van der Waals surface area contributed by atoms with Crippen LogP contribution in [0.2, 0.25) is 0 Å². The van der Waals surface area contributed by atoms with Crippen LogP contribution in [0.1, 0.15) is 26.7 Å². The van der Waals surface area contributed by atoms with Crippen molar-refractivity contribution in [2.75, 3.05) is 0 Å². The van der Waals surface area contributed by atoms with Crippen molar-refractivity contribution in [1.29, 1.82) is 0 Å². The fraction of sp³-hybridized carbons (Fsp3) is 0.750. The van der Waals surface area contributed by atoms with E-state index in [-0.39, 0.29) is 6.10 Å². The fourth-order valence-electron chi connectivity index (χ4n) is 0.681. The molecule has 0 aromatic heterocycles. The molecule has 2 atom stereocenters. The minimum atomic E-state index is -0.452. The van der Waals surface area contributed by atoms with E-state index in [1.165, 1.54) is 0 Å². The Morgan fingerprint density at radius 1 is 1.30 bits per heavy atom. The molecule has 2 nitrogen and oxygen atoms in total. The summed E-state index contributed by atoms with van der Waals surface area (Å²) < 4.78 is 0. The second-order valence-corrected chi connectivity index (χ2v) is 2.48. The van der Waals surface area contributed by atoms with Crippen molar-refractivity contribution in [3.63, 3.8) is 0 Å². The van der Waals surface area contributed by atoms with Crippen molar-refractivity contribution in [1.82, 2.24) is 0 Å². The van der Waals surface area contributed by atoms with E-state index in [1.807, 2.05) is 6.92 Å². The van der Waals surface area contributed by atoms with Gasteiger partial charge in [-0.2, -0.15) is 0 Å². The first-order valence-electron chi connectivity index (χ1n) is 3.71. The highest BCUT2D eigenvalue weighted by Crippen LogP contribution is 1.97. The highest BCUT2D eigenvalue weighted by molar-refractivity contribution is 4.91. The molecule has 0 bridgehead atoms. The Kier molecular flexibility index (Phi) is 5.26. The van der Waals surface area contributed by atoms with E-state index in [0.717, 1.165) is 12.8 Å². The summed E-state index contributed by atoms with van der Waals surface area (Å²) in [5.41, 5.74) is 0. The van der Waals surface area contributed by atoms with Gasteiger partial charge < -0.3 is 10.2 Å². The van der Waals surface area contributed by atoms with Crippen LogP contribution >= 0.6 is 0 Å². The third-order valence-corrected chi connectivity index (χ3v) is 1.20. The first-order chi connectivity index (χ1) is 4.66. The highest BCUT2D eigenvalue weighted by Gasteiger charge is 1.95. The second-order valence-electron chi connectivity index (χ2n) is 2.48. The lowest BCUT2D eigenvalue weighted by molar-refractivity contribution is 0.205. The van der Waals surface area contributed by atoms with Crippen molar-refractivity contribution >= 4 is 0 Å². The largest absolute Gasteiger partial charge is 0.389 e. The van der Waals surface area contributed by atoms with Crippen molar-refractivity contribution in [2.24, 2.45) is 0 Å². The fourth-order valence-corrected chi connectivity index (χ4v) is 0.681. The number of aliphatic hydroxyl groups is 2. The van der Waals surface area contributed by atoms with Crippen LogP contribution in [0, 0.1) is 0 Å². The predicted octanol–water partition coefficient (Wildman–Crippen LogP) is 1.08. The Labute approximate surface area is 62.2 Å². The van der Waals surface area contributed by atoms with Crippen molar-refractivity contribution in [2.45, 2.75) is 38.9 Å². The molecule has 60 valence electrons. The van der Waals surface area contributed by atoms with Crippen molar-refractivity contribution in [3.05, 3.63) is 12.2 Å². The maximum Gasteiger partial charge on any atom is 0.0721 e. The molecule has 0 spiro atoms. The Balaban J connectivity index is 3.45. The third-order valence-electron chi connectivity index (χ3n) is 1.20. The van der Waals surface area contributed by atoms with Gasteiger partial charge in [0.25, 0.3) is 0 Å². The van der Waals surface area contributed by atoms with E-state index in [9.17, 15) is 0 Å². The number of aliphatic hydroxyl groups excluding tert-OH is 2. The van der Waals surface area contributed by atoms with Gasteiger partial charge in [0.2, 0.25) is 0 Å². The minimum absolute atomic E-state index is 0.389. The SMILES string of the molecule is CCCC(O)C=CC(C)O. The molecule has 0 fully saturated rings. The molecule has 0 aromatic rings. The molecule has 2 heteroatoms. The topological polar surface area (TPSA) is 40.5 Å². The molecule has 0 heterocycles. The van der Waals surface area contributed by atoms with Crippen LogP contribution in [-0.4, -0.2) is 22.4 Å². The van der Waals surface area contributed by atoms with Crippen LogP contribution in [0.3, 0.4) is 0 Å². The predicted molar refractivity (Wildman–Crippen MR) is 41.7 cm³/mol. The summed E-state index contributed by atoms with van der Waals surface area (Å²) in [6.07, 6.45) is 4.12. The van der Waals surface area contributed by atoms with Gasteiger partial charge in [0, 0.05) is 0 Å². The Morgan fingerprint density at radius 2 is 1.90 bits per heavy atom. The summed E-state index contributed by atoms with van der Waals surface area (Å²) in [6.45, 7) is 3.68. The first-order valence-corrected chi connectivity index (χ1v) is 3.71. The third kappa shape index (κ3) is 5.79. The van der Waals surface area contributed by atoms with E-state index in [0.29, 0.717) is 0 Å². The molecule has 0 saturated heterocycles. The maximum atomic E-state index is 9.10. The van der Waals surface area contributed by atoms with Gasteiger partial charge >= 0.3 is 0 Å². The van der Waals surface area contributed by atoms with E-state index in [4.69, 9.17) is 10.2 Å². The molecular formula is C8H16O2. The van der Waals surface area contributed by atoms with E-state index in [1.54, 1.807) is 19.1 Å². The number of hydrogen-bond donors (Lipinski definition) is 2. The molecule has 0 rings (SSSR count). The lowest BCUT2D eigenvalue weighted by atomic mass is 10.2. The van der Waals surface area contributed by atoms with Gasteiger partial charge in [-0.1, -0.05) is 25.5 Å². The van der Waals surface area contributed by atoms with Gasteiger partial charge in [0.1, 0.15) is 0 Å². The molecule has 0 aliphatic carbocycles. The van der Waals surface area contributed by atoms with Crippen molar-refractivity contribution < 1.29 is 10.2 Å². The summed E-state index contributed by atoms with van der Waals surface area (Å²) in [7, 11) is 0. The van der Waals surface area contributed by atoms with Crippen LogP contribution in [0.25, 0.3) is 0 Å². The molecule has 0 amide bonds. The zero-order chi connectivity index (χ0) is 7.98. The molecule has 2 N–H and O–H groups in total. The lowest BCUT2D eigenvalue weighted by Crippen LogP contribution is -2.02. The average molecular weight is 144 g/mol. The summed E-state index contributed by atoms with van der Waals surface area (Å²) in [5.74, 6) is 0. The maximum absolute atomic E-state index is 9.10. The van der Waals surface area contributed by atoms with Crippen LogP contribution in [0.4, 0.5) is 0 Å². The molecule has 0 aromatic carbocycles. The Hall–Kier alpha value is -0.340. The molecule has 2 unspecified atom stereocenters. The molecule has 0 radical (unpaired) electrons. The first kappa shape index (κ1) is 9.66. The number of rotatable bonds is 4. The molecule has 0 aliphatic rings. The lowest BCUT2D eigenvalue weighted by Gasteiger charge is -2.02. The Bertz CT molecular complexity index is 97.4. The van der Waals surface area contributed by atoms with Crippen LogP contribution in [0.15, 0.2) is 12.2 Å². The smallest absolute Gasteiger partial charge is 0.0721 e. The second kappa shape index (κ2) is 5.45.